The van der Waals surface area contributed by atoms with Gasteiger partial charge in [-0.15, -0.1) is 0 Å². The molecule has 1 aromatic rings. The van der Waals surface area contributed by atoms with Gasteiger partial charge in [0.2, 0.25) is 0 Å². The normalized spacial score (nSPS) is 23.7. The van der Waals surface area contributed by atoms with Crippen LogP contribution in [-0.4, -0.2) is 40.2 Å². The molecular formula is C14H24N4O. The van der Waals surface area contributed by atoms with Crippen LogP contribution in [0, 0.1) is 18.8 Å². The smallest absolute Gasteiger partial charge is 0.272 e. The van der Waals surface area contributed by atoms with Crippen molar-refractivity contribution in [1.82, 2.24) is 14.7 Å². The van der Waals surface area contributed by atoms with E-state index in [0.29, 0.717) is 24.1 Å². The Morgan fingerprint density at radius 1 is 1.58 bits per heavy atom. The van der Waals surface area contributed by atoms with Crippen molar-refractivity contribution in [2.45, 2.75) is 33.7 Å². The van der Waals surface area contributed by atoms with Gasteiger partial charge in [0, 0.05) is 19.6 Å². The van der Waals surface area contributed by atoms with Crippen LogP contribution >= 0.6 is 0 Å². The number of aryl methyl sites for hydroxylation is 2. The first kappa shape index (κ1) is 14.1. The van der Waals surface area contributed by atoms with Gasteiger partial charge in [0.1, 0.15) is 5.69 Å². The van der Waals surface area contributed by atoms with E-state index in [9.17, 15) is 4.79 Å². The SMILES string of the molecule is CCn1nc(C)cc1C(=O)N1CCC(C)C(CN)C1. The molecule has 0 bridgehead atoms. The summed E-state index contributed by atoms with van der Waals surface area (Å²) in [5.74, 6) is 1.11. The van der Waals surface area contributed by atoms with Crippen molar-refractivity contribution < 1.29 is 4.79 Å². The molecule has 0 aromatic carbocycles. The fourth-order valence-electron chi connectivity index (χ4n) is 2.76. The maximum Gasteiger partial charge on any atom is 0.272 e. The zero-order valence-electron chi connectivity index (χ0n) is 12.1. The molecule has 1 saturated heterocycles. The second-order valence-corrected chi connectivity index (χ2v) is 5.50. The fraction of sp³-hybridized carbons (Fsp3) is 0.714. The zero-order valence-corrected chi connectivity index (χ0v) is 12.1. The van der Waals surface area contributed by atoms with Crippen molar-refractivity contribution in [3.63, 3.8) is 0 Å². The van der Waals surface area contributed by atoms with Crippen LogP contribution in [0.2, 0.25) is 0 Å². The van der Waals surface area contributed by atoms with E-state index in [2.05, 4.69) is 12.0 Å². The summed E-state index contributed by atoms with van der Waals surface area (Å²) < 4.78 is 1.78. The monoisotopic (exact) mass is 264 g/mol. The van der Waals surface area contributed by atoms with Crippen LogP contribution in [0.5, 0.6) is 0 Å². The van der Waals surface area contributed by atoms with Crippen molar-refractivity contribution >= 4 is 5.91 Å². The van der Waals surface area contributed by atoms with Crippen molar-refractivity contribution in [2.24, 2.45) is 17.6 Å². The number of carbonyl (C=O) groups is 1. The second kappa shape index (κ2) is 5.74. The Morgan fingerprint density at radius 2 is 2.32 bits per heavy atom. The van der Waals surface area contributed by atoms with E-state index < -0.39 is 0 Å². The summed E-state index contributed by atoms with van der Waals surface area (Å²) in [5.41, 5.74) is 7.39. The van der Waals surface area contributed by atoms with Crippen LogP contribution in [0.25, 0.3) is 0 Å². The number of aromatic nitrogens is 2. The predicted molar refractivity (Wildman–Crippen MR) is 74.9 cm³/mol. The Morgan fingerprint density at radius 3 is 2.95 bits per heavy atom. The van der Waals surface area contributed by atoms with Gasteiger partial charge >= 0.3 is 0 Å². The molecule has 1 amide bonds. The predicted octanol–water partition coefficient (Wildman–Crippen LogP) is 1.27. The van der Waals surface area contributed by atoms with E-state index >= 15 is 0 Å². The van der Waals surface area contributed by atoms with Gasteiger partial charge in [-0.1, -0.05) is 6.92 Å². The van der Waals surface area contributed by atoms with Crippen LogP contribution in [0.4, 0.5) is 0 Å². The van der Waals surface area contributed by atoms with Crippen LogP contribution in [0.15, 0.2) is 6.07 Å². The number of piperidine rings is 1. The Hall–Kier alpha value is -1.36. The van der Waals surface area contributed by atoms with Gasteiger partial charge in [0.25, 0.3) is 5.91 Å². The average Bonchev–Trinajstić information content (AvgIpc) is 2.79. The van der Waals surface area contributed by atoms with Gasteiger partial charge in [0.05, 0.1) is 5.69 Å². The lowest BCUT2D eigenvalue weighted by Crippen LogP contribution is -2.46. The third-order valence-corrected chi connectivity index (χ3v) is 4.12. The highest BCUT2D eigenvalue weighted by Crippen LogP contribution is 2.23. The maximum absolute atomic E-state index is 12.6. The molecule has 0 spiro atoms. The molecule has 5 nitrogen and oxygen atoms in total. The molecule has 2 heterocycles. The molecular weight excluding hydrogens is 240 g/mol. The minimum Gasteiger partial charge on any atom is -0.337 e. The number of rotatable bonds is 3. The number of hydrogen-bond acceptors (Lipinski definition) is 3. The minimum atomic E-state index is 0.0906. The third kappa shape index (κ3) is 2.81. The van der Waals surface area contributed by atoms with Crippen molar-refractivity contribution in [1.29, 1.82) is 0 Å². The molecule has 1 aliphatic rings. The van der Waals surface area contributed by atoms with Crippen molar-refractivity contribution in [2.75, 3.05) is 19.6 Å². The highest BCUT2D eigenvalue weighted by Gasteiger charge is 2.29. The molecule has 19 heavy (non-hydrogen) atoms. The zero-order chi connectivity index (χ0) is 14.0. The minimum absolute atomic E-state index is 0.0906. The molecule has 2 N–H and O–H groups in total. The summed E-state index contributed by atoms with van der Waals surface area (Å²) in [7, 11) is 0. The summed E-state index contributed by atoms with van der Waals surface area (Å²) in [4.78, 5) is 14.5. The van der Waals surface area contributed by atoms with Gasteiger partial charge in [-0.25, -0.2) is 0 Å². The number of likely N-dealkylation sites (tertiary alicyclic amines) is 1. The number of nitrogens with two attached hydrogens (primary N) is 1. The molecule has 1 fully saturated rings. The van der Waals surface area contributed by atoms with E-state index in [-0.39, 0.29) is 5.91 Å². The maximum atomic E-state index is 12.6. The summed E-state index contributed by atoms with van der Waals surface area (Å²) >= 11 is 0. The van der Waals surface area contributed by atoms with E-state index in [1.165, 1.54) is 0 Å². The average molecular weight is 264 g/mol. The Balaban J connectivity index is 2.15. The number of carbonyl (C=O) groups excluding carboxylic acids is 1. The molecule has 1 aromatic heterocycles. The first-order valence-electron chi connectivity index (χ1n) is 7.10. The molecule has 1 aliphatic heterocycles. The Bertz CT molecular complexity index is 454. The lowest BCUT2D eigenvalue weighted by Gasteiger charge is -2.36. The van der Waals surface area contributed by atoms with E-state index in [1.54, 1.807) is 4.68 Å². The Labute approximate surface area is 114 Å². The van der Waals surface area contributed by atoms with Crippen LogP contribution in [-0.2, 0) is 6.54 Å². The fourth-order valence-corrected chi connectivity index (χ4v) is 2.76. The van der Waals surface area contributed by atoms with Crippen molar-refractivity contribution in [3.05, 3.63) is 17.5 Å². The summed E-state index contributed by atoms with van der Waals surface area (Å²) in [5, 5.41) is 4.34. The van der Waals surface area contributed by atoms with Gasteiger partial charge < -0.3 is 10.6 Å². The van der Waals surface area contributed by atoms with Crippen LogP contribution in [0.1, 0.15) is 36.5 Å². The number of amides is 1. The van der Waals surface area contributed by atoms with Crippen LogP contribution < -0.4 is 5.73 Å². The summed E-state index contributed by atoms with van der Waals surface area (Å²) in [6.45, 7) is 9.11. The molecule has 2 atom stereocenters. The topological polar surface area (TPSA) is 64.2 Å². The second-order valence-electron chi connectivity index (χ2n) is 5.50. The summed E-state index contributed by atoms with van der Waals surface area (Å²) in [6.07, 6.45) is 1.03. The van der Waals surface area contributed by atoms with Gasteiger partial charge in [-0.2, -0.15) is 5.10 Å². The summed E-state index contributed by atoms with van der Waals surface area (Å²) in [6, 6.07) is 1.88. The Kier molecular flexibility index (Phi) is 4.24. The molecule has 0 aliphatic carbocycles. The molecule has 106 valence electrons. The number of hydrogen-bond donors (Lipinski definition) is 1. The number of nitrogens with zero attached hydrogens (tertiary/aromatic N) is 3. The lowest BCUT2D eigenvalue weighted by atomic mass is 9.87. The highest BCUT2D eigenvalue weighted by molar-refractivity contribution is 5.92. The largest absolute Gasteiger partial charge is 0.337 e. The van der Waals surface area contributed by atoms with Gasteiger partial charge in [0.15, 0.2) is 0 Å². The molecule has 2 unspecified atom stereocenters. The van der Waals surface area contributed by atoms with Gasteiger partial charge in [-0.05, 0) is 44.7 Å². The first-order chi connectivity index (χ1) is 9.06. The first-order valence-corrected chi connectivity index (χ1v) is 7.10. The molecule has 5 heteroatoms. The molecule has 0 radical (unpaired) electrons. The lowest BCUT2D eigenvalue weighted by molar-refractivity contribution is 0.0606. The van der Waals surface area contributed by atoms with E-state index in [0.717, 1.165) is 31.7 Å². The van der Waals surface area contributed by atoms with E-state index in [4.69, 9.17) is 5.73 Å². The quantitative estimate of drug-likeness (QED) is 0.894. The van der Waals surface area contributed by atoms with Gasteiger partial charge in [-0.3, -0.25) is 9.48 Å². The third-order valence-electron chi connectivity index (χ3n) is 4.12. The standard InChI is InChI=1S/C14H24N4O/c1-4-18-13(7-11(3)16-18)14(19)17-6-5-10(2)12(8-15)9-17/h7,10,12H,4-6,8-9,15H2,1-3H3. The van der Waals surface area contributed by atoms with E-state index in [1.807, 2.05) is 24.8 Å². The molecule has 2 rings (SSSR count). The molecule has 0 saturated carbocycles. The highest BCUT2D eigenvalue weighted by atomic mass is 16.2. The van der Waals surface area contributed by atoms with Crippen molar-refractivity contribution in [3.8, 4) is 0 Å². The van der Waals surface area contributed by atoms with Crippen LogP contribution in [0.3, 0.4) is 0 Å².